The van der Waals surface area contributed by atoms with Gasteiger partial charge in [-0.2, -0.15) is 0 Å². The molecule has 0 unspecified atom stereocenters. The summed E-state index contributed by atoms with van der Waals surface area (Å²) in [5.74, 6) is -1.84. The zero-order chi connectivity index (χ0) is 17.0. The second-order valence-corrected chi connectivity index (χ2v) is 6.12. The first-order valence-corrected chi connectivity index (χ1v) is 7.74. The lowest BCUT2D eigenvalue weighted by atomic mass is 9.98. The fourth-order valence-electron chi connectivity index (χ4n) is 2.83. The molecular formula is C17H22N2O4. The lowest BCUT2D eigenvalue weighted by Crippen LogP contribution is -2.54. The Morgan fingerprint density at radius 3 is 2.35 bits per heavy atom. The molecule has 0 radical (unpaired) electrons. The molecule has 0 saturated heterocycles. The minimum absolute atomic E-state index is 0.235. The average Bonchev–Trinajstić information content (AvgIpc) is 2.97. The van der Waals surface area contributed by atoms with Gasteiger partial charge in [0.1, 0.15) is 5.54 Å². The van der Waals surface area contributed by atoms with E-state index in [1.54, 1.807) is 12.1 Å². The third-order valence-electron chi connectivity index (χ3n) is 4.42. The predicted molar refractivity (Wildman–Crippen MR) is 85.2 cm³/mol. The first kappa shape index (κ1) is 17.0. The third-order valence-corrected chi connectivity index (χ3v) is 4.42. The monoisotopic (exact) mass is 318 g/mol. The Kier molecular flexibility index (Phi) is 5.03. The Bertz CT molecular complexity index is 633. The van der Waals surface area contributed by atoms with Gasteiger partial charge < -0.3 is 15.7 Å². The van der Waals surface area contributed by atoms with E-state index >= 15 is 0 Å². The van der Waals surface area contributed by atoms with E-state index in [0.717, 1.165) is 24.0 Å². The molecule has 0 bridgehead atoms. The number of hydrogen-bond acceptors (Lipinski definition) is 3. The van der Waals surface area contributed by atoms with Crippen LogP contribution >= 0.6 is 0 Å². The van der Waals surface area contributed by atoms with Gasteiger partial charge in [0.15, 0.2) is 0 Å². The second kappa shape index (κ2) is 6.81. The molecule has 3 N–H and O–H groups in total. The van der Waals surface area contributed by atoms with Crippen LogP contribution in [0.15, 0.2) is 18.2 Å². The number of aryl methyl sites for hydroxylation is 2. The molecule has 0 spiro atoms. The van der Waals surface area contributed by atoms with Crippen LogP contribution in [0.1, 0.15) is 47.2 Å². The highest BCUT2D eigenvalue weighted by molar-refractivity contribution is 5.97. The van der Waals surface area contributed by atoms with Gasteiger partial charge in [-0.3, -0.25) is 9.59 Å². The van der Waals surface area contributed by atoms with Crippen LogP contribution in [0.2, 0.25) is 0 Å². The lowest BCUT2D eigenvalue weighted by molar-refractivity contribution is -0.147. The molecule has 6 heteroatoms. The number of aliphatic carboxylic acids is 1. The second-order valence-electron chi connectivity index (χ2n) is 6.12. The van der Waals surface area contributed by atoms with E-state index in [9.17, 15) is 19.5 Å². The SMILES string of the molecule is Cc1ccc(C(=O)NCC(=O)NC2(C(=O)O)CCCC2)cc1C. The highest BCUT2D eigenvalue weighted by Gasteiger charge is 2.42. The van der Waals surface area contributed by atoms with E-state index < -0.39 is 17.4 Å². The van der Waals surface area contributed by atoms with Gasteiger partial charge in [-0.15, -0.1) is 0 Å². The van der Waals surface area contributed by atoms with Crippen LogP contribution in [0, 0.1) is 13.8 Å². The molecule has 2 rings (SSSR count). The van der Waals surface area contributed by atoms with Crippen molar-refractivity contribution in [3.63, 3.8) is 0 Å². The smallest absolute Gasteiger partial charge is 0.329 e. The van der Waals surface area contributed by atoms with Crippen LogP contribution in [0.25, 0.3) is 0 Å². The topological polar surface area (TPSA) is 95.5 Å². The van der Waals surface area contributed by atoms with Crippen molar-refractivity contribution in [1.82, 2.24) is 10.6 Å². The molecule has 23 heavy (non-hydrogen) atoms. The van der Waals surface area contributed by atoms with Crippen molar-refractivity contribution in [1.29, 1.82) is 0 Å². The van der Waals surface area contributed by atoms with Crippen molar-refractivity contribution in [2.75, 3.05) is 6.54 Å². The van der Waals surface area contributed by atoms with Gasteiger partial charge in [0.25, 0.3) is 5.91 Å². The number of amides is 2. The number of carboxylic acid groups (broad SMARTS) is 1. The summed E-state index contributed by atoms with van der Waals surface area (Å²) in [4.78, 5) is 35.4. The summed E-state index contributed by atoms with van der Waals surface area (Å²) < 4.78 is 0. The molecule has 1 fully saturated rings. The third kappa shape index (κ3) is 3.88. The van der Waals surface area contributed by atoms with Crippen molar-refractivity contribution < 1.29 is 19.5 Å². The predicted octanol–water partition coefficient (Wildman–Crippen LogP) is 1.55. The van der Waals surface area contributed by atoms with E-state index in [-0.39, 0.29) is 12.5 Å². The molecule has 1 aromatic rings. The van der Waals surface area contributed by atoms with Gasteiger partial charge in [0, 0.05) is 5.56 Å². The Balaban J connectivity index is 1.92. The van der Waals surface area contributed by atoms with Gasteiger partial charge in [0.2, 0.25) is 5.91 Å². The zero-order valence-corrected chi connectivity index (χ0v) is 13.4. The van der Waals surface area contributed by atoms with Gasteiger partial charge in [-0.25, -0.2) is 4.79 Å². The maximum absolute atomic E-state index is 12.1. The standard InChI is InChI=1S/C17H22N2O4/c1-11-5-6-13(9-12(11)2)15(21)18-10-14(20)19-17(16(22)23)7-3-4-8-17/h5-6,9H,3-4,7-8,10H2,1-2H3,(H,18,21)(H,19,20)(H,22,23). The number of rotatable bonds is 5. The van der Waals surface area contributed by atoms with Crippen molar-refractivity contribution in [3.05, 3.63) is 34.9 Å². The summed E-state index contributed by atoms with van der Waals surface area (Å²) in [6.07, 6.45) is 2.42. The Morgan fingerprint density at radius 1 is 1.13 bits per heavy atom. The minimum atomic E-state index is -1.18. The van der Waals surface area contributed by atoms with Crippen LogP contribution in [0.4, 0.5) is 0 Å². The van der Waals surface area contributed by atoms with Crippen molar-refractivity contribution in [2.24, 2.45) is 0 Å². The fraction of sp³-hybridized carbons (Fsp3) is 0.471. The van der Waals surface area contributed by atoms with E-state index in [1.165, 1.54) is 0 Å². The fourth-order valence-corrected chi connectivity index (χ4v) is 2.83. The molecule has 1 aromatic carbocycles. The molecule has 1 saturated carbocycles. The Labute approximate surface area is 135 Å². The molecular weight excluding hydrogens is 296 g/mol. The number of carbonyl (C=O) groups is 3. The largest absolute Gasteiger partial charge is 0.480 e. The maximum atomic E-state index is 12.1. The molecule has 0 heterocycles. The first-order chi connectivity index (χ1) is 10.8. The van der Waals surface area contributed by atoms with E-state index in [0.29, 0.717) is 18.4 Å². The minimum Gasteiger partial charge on any atom is -0.480 e. The molecule has 1 aliphatic carbocycles. The Morgan fingerprint density at radius 2 is 1.78 bits per heavy atom. The summed E-state index contributed by atoms with van der Waals surface area (Å²) in [7, 11) is 0. The summed E-state index contributed by atoms with van der Waals surface area (Å²) in [5.41, 5.74) is 1.39. The van der Waals surface area contributed by atoms with E-state index in [4.69, 9.17) is 0 Å². The summed E-state index contributed by atoms with van der Waals surface area (Å²) in [6, 6.07) is 5.31. The van der Waals surface area contributed by atoms with E-state index in [2.05, 4.69) is 10.6 Å². The van der Waals surface area contributed by atoms with Crippen LogP contribution in [-0.4, -0.2) is 35.0 Å². The highest BCUT2D eigenvalue weighted by Crippen LogP contribution is 2.29. The average molecular weight is 318 g/mol. The quantitative estimate of drug-likeness (QED) is 0.767. The van der Waals surface area contributed by atoms with Crippen LogP contribution in [0.3, 0.4) is 0 Å². The van der Waals surface area contributed by atoms with Crippen LogP contribution in [0.5, 0.6) is 0 Å². The molecule has 0 aliphatic heterocycles. The van der Waals surface area contributed by atoms with Gasteiger partial charge in [0.05, 0.1) is 6.54 Å². The van der Waals surface area contributed by atoms with Crippen molar-refractivity contribution in [3.8, 4) is 0 Å². The number of nitrogens with one attached hydrogen (secondary N) is 2. The summed E-state index contributed by atoms with van der Waals surface area (Å²) >= 11 is 0. The molecule has 6 nitrogen and oxygen atoms in total. The first-order valence-electron chi connectivity index (χ1n) is 7.74. The maximum Gasteiger partial charge on any atom is 0.329 e. The number of carboxylic acids is 1. The summed E-state index contributed by atoms with van der Waals surface area (Å²) in [6.45, 7) is 3.63. The normalized spacial score (nSPS) is 15.9. The number of hydrogen-bond donors (Lipinski definition) is 3. The number of benzene rings is 1. The van der Waals surface area contributed by atoms with Crippen molar-refractivity contribution in [2.45, 2.75) is 45.1 Å². The highest BCUT2D eigenvalue weighted by atomic mass is 16.4. The molecule has 0 aromatic heterocycles. The van der Waals surface area contributed by atoms with Crippen LogP contribution in [-0.2, 0) is 9.59 Å². The van der Waals surface area contributed by atoms with Gasteiger partial charge >= 0.3 is 5.97 Å². The number of carbonyl (C=O) groups excluding carboxylic acids is 2. The van der Waals surface area contributed by atoms with E-state index in [1.807, 2.05) is 19.9 Å². The van der Waals surface area contributed by atoms with Gasteiger partial charge in [-0.1, -0.05) is 18.9 Å². The summed E-state index contributed by atoms with van der Waals surface area (Å²) in [5, 5.41) is 14.4. The molecule has 124 valence electrons. The molecule has 2 amide bonds. The van der Waals surface area contributed by atoms with Crippen LogP contribution < -0.4 is 10.6 Å². The lowest BCUT2D eigenvalue weighted by Gasteiger charge is -2.25. The van der Waals surface area contributed by atoms with Crippen molar-refractivity contribution >= 4 is 17.8 Å². The molecule has 1 aliphatic rings. The zero-order valence-electron chi connectivity index (χ0n) is 13.4. The molecule has 0 atom stereocenters. The van der Waals surface area contributed by atoms with Gasteiger partial charge in [-0.05, 0) is 49.9 Å². The Hall–Kier alpha value is -2.37.